The zero-order valence-corrected chi connectivity index (χ0v) is 10.9. The second-order valence-corrected chi connectivity index (χ2v) is 5.47. The van der Waals surface area contributed by atoms with Crippen molar-refractivity contribution in [2.24, 2.45) is 0 Å². The Morgan fingerprint density at radius 2 is 2.16 bits per heavy atom. The highest BCUT2D eigenvalue weighted by Crippen LogP contribution is 2.21. The Hall–Kier alpha value is -1.86. The summed E-state index contributed by atoms with van der Waals surface area (Å²) in [6.45, 7) is 0.0228. The van der Waals surface area contributed by atoms with E-state index in [0.717, 1.165) is 12.1 Å². The van der Waals surface area contributed by atoms with Gasteiger partial charge in [0.1, 0.15) is 5.76 Å². The first kappa shape index (κ1) is 13.6. The average Bonchev–Trinajstić information content (AvgIpc) is 2.90. The van der Waals surface area contributed by atoms with Crippen LogP contribution < -0.4 is 9.46 Å². The number of rotatable bonds is 5. The van der Waals surface area contributed by atoms with Crippen LogP contribution in [0.15, 0.2) is 45.9 Å². The smallest absolute Gasteiger partial charge is 0.241 e. The third kappa shape index (κ3) is 3.12. The van der Waals surface area contributed by atoms with Crippen molar-refractivity contribution in [2.45, 2.75) is 11.4 Å². The van der Waals surface area contributed by atoms with Crippen LogP contribution in [0.3, 0.4) is 0 Å². The summed E-state index contributed by atoms with van der Waals surface area (Å²) in [4.78, 5) is -0.0719. The molecule has 2 rings (SSSR count). The summed E-state index contributed by atoms with van der Waals surface area (Å²) in [6.07, 6.45) is 1.45. The number of hydrogen-bond acceptors (Lipinski definition) is 4. The van der Waals surface area contributed by atoms with Crippen molar-refractivity contribution in [1.82, 2.24) is 4.72 Å². The van der Waals surface area contributed by atoms with Gasteiger partial charge < -0.3 is 9.15 Å². The van der Waals surface area contributed by atoms with E-state index < -0.39 is 15.8 Å². The number of ether oxygens (including phenoxy) is 1. The number of methoxy groups -OCH3 is 1. The normalized spacial score (nSPS) is 11.5. The molecule has 102 valence electrons. The van der Waals surface area contributed by atoms with Gasteiger partial charge in [0.25, 0.3) is 0 Å². The van der Waals surface area contributed by atoms with Crippen molar-refractivity contribution in [3.63, 3.8) is 0 Å². The summed E-state index contributed by atoms with van der Waals surface area (Å²) in [5.41, 5.74) is 0. The zero-order valence-electron chi connectivity index (χ0n) is 10.1. The lowest BCUT2D eigenvalue weighted by atomic mass is 10.3. The summed E-state index contributed by atoms with van der Waals surface area (Å²) < 4.78 is 49.3. The molecule has 0 saturated heterocycles. The van der Waals surface area contributed by atoms with E-state index in [0.29, 0.717) is 5.76 Å². The van der Waals surface area contributed by atoms with Gasteiger partial charge in [-0.3, -0.25) is 0 Å². The van der Waals surface area contributed by atoms with E-state index in [1.165, 1.54) is 19.4 Å². The summed E-state index contributed by atoms with van der Waals surface area (Å²) in [5.74, 6) is -0.258. The van der Waals surface area contributed by atoms with Crippen LogP contribution in [-0.4, -0.2) is 15.5 Å². The summed E-state index contributed by atoms with van der Waals surface area (Å²) in [7, 11) is -2.47. The van der Waals surface area contributed by atoms with Crippen LogP contribution in [0, 0.1) is 5.82 Å². The minimum Gasteiger partial charge on any atom is -0.494 e. The Bertz CT molecular complexity index is 652. The van der Waals surface area contributed by atoms with Crippen LogP contribution in [0.1, 0.15) is 5.76 Å². The molecule has 1 heterocycles. The number of nitrogens with one attached hydrogen (secondary N) is 1. The Balaban J connectivity index is 2.19. The lowest BCUT2D eigenvalue weighted by Gasteiger charge is -2.07. The van der Waals surface area contributed by atoms with Crippen LogP contribution in [0.2, 0.25) is 0 Å². The van der Waals surface area contributed by atoms with Crippen molar-refractivity contribution in [1.29, 1.82) is 0 Å². The van der Waals surface area contributed by atoms with Crippen molar-refractivity contribution >= 4 is 10.0 Å². The first-order chi connectivity index (χ1) is 9.03. The van der Waals surface area contributed by atoms with Gasteiger partial charge in [-0.05, 0) is 24.3 Å². The molecule has 0 atom stereocenters. The number of halogens is 1. The Morgan fingerprint density at radius 3 is 2.79 bits per heavy atom. The maximum Gasteiger partial charge on any atom is 0.241 e. The molecular weight excluding hydrogens is 273 g/mol. The first-order valence-corrected chi connectivity index (χ1v) is 6.87. The SMILES string of the molecule is COc1cc(S(=O)(=O)NCc2ccco2)ccc1F. The average molecular weight is 285 g/mol. The molecule has 7 heteroatoms. The van der Waals surface area contributed by atoms with Gasteiger partial charge in [-0.15, -0.1) is 0 Å². The van der Waals surface area contributed by atoms with Crippen molar-refractivity contribution in [2.75, 3.05) is 7.11 Å². The largest absolute Gasteiger partial charge is 0.494 e. The van der Waals surface area contributed by atoms with Crippen LogP contribution in [0.25, 0.3) is 0 Å². The molecule has 0 fully saturated rings. The first-order valence-electron chi connectivity index (χ1n) is 5.38. The zero-order chi connectivity index (χ0) is 13.9. The molecule has 2 aromatic rings. The fourth-order valence-corrected chi connectivity index (χ4v) is 2.48. The van der Waals surface area contributed by atoms with E-state index >= 15 is 0 Å². The third-order valence-electron chi connectivity index (χ3n) is 2.45. The fraction of sp³-hybridized carbons (Fsp3) is 0.167. The molecule has 1 aromatic carbocycles. The predicted octanol–water partition coefficient (Wildman–Crippen LogP) is 1.91. The van der Waals surface area contributed by atoms with Crippen LogP contribution in [0.5, 0.6) is 5.75 Å². The quantitative estimate of drug-likeness (QED) is 0.911. The highest BCUT2D eigenvalue weighted by atomic mass is 32.2. The second kappa shape index (κ2) is 5.41. The van der Waals surface area contributed by atoms with Crippen LogP contribution >= 0.6 is 0 Å². The van der Waals surface area contributed by atoms with Gasteiger partial charge in [-0.2, -0.15) is 0 Å². The molecule has 1 N–H and O–H groups in total. The van der Waals surface area contributed by atoms with Crippen molar-refractivity contribution in [3.8, 4) is 5.75 Å². The molecule has 0 amide bonds. The monoisotopic (exact) mass is 285 g/mol. The third-order valence-corrected chi connectivity index (χ3v) is 3.85. The van der Waals surface area contributed by atoms with E-state index in [9.17, 15) is 12.8 Å². The fourth-order valence-electron chi connectivity index (χ4n) is 1.47. The van der Waals surface area contributed by atoms with E-state index in [-0.39, 0.29) is 17.2 Å². The molecule has 5 nitrogen and oxygen atoms in total. The number of hydrogen-bond donors (Lipinski definition) is 1. The molecular formula is C12H12FNO4S. The number of sulfonamides is 1. The molecule has 19 heavy (non-hydrogen) atoms. The number of furan rings is 1. The molecule has 0 unspecified atom stereocenters. The van der Waals surface area contributed by atoms with E-state index in [1.54, 1.807) is 12.1 Å². The summed E-state index contributed by atoms with van der Waals surface area (Å²) in [6, 6.07) is 6.64. The topological polar surface area (TPSA) is 68.5 Å². The molecule has 0 aliphatic carbocycles. The van der Waals surface area contributed by atoms with E-state index in [1.807, 2.05) is 0 Å². The maximum atomic E-state index is 13.2. The molecule has 0 saturated carbocycles. The highest BCUT2D eigenvalue weighted by molar-refractivity contribution is 7.89. The van der Waals surface area contributed by atoms with Crippen molar-refractivity contribution < 1.29 is 22.0 Å². The lowest BCUT2D eigenvalue weighted by Crippen LogP contribution is -2.23. The highest BCUT2D eigenvalue weighted by Gasteiger charge is 2.16. The van der Waals surface area contributed by atoms with Crippen LogP contribution in [-0.2, 0) is 16.6 Å². The van der Waals surface area contributed by atoms with Gasteiger partial charge in [0, 0.05) is 6.07 Å². The molecule has 0 bridgehead atoms. The lowest BCUT2D eigenvalue weighted by molar-refractivity contribution is 0.385. The number of benzene rings is 1. The molecule has 0 aliphatic heterocycles. The molecule has 0 spiro atoms. The minimum atomic E-state index is -3.74. The summed E-state index contributed by atoms with van der Waals surface area (Å²) >= 11 is 0. The van der Waals surface area contributed by atoms with E-state index in [4.69, 9.17) is 9.15 Å². The predicted molar refractivity (Wildman–Crippen MR) is 65.7 cm³/mol. The van der Waals surface area contributed by atoms with Gasteiger partial charge in [-0.1, -0.05) is 0 Å². The van der Waals surface area contributed by atoms with Crippen molar-refractivity contribution in [3.05, 3.63) is 48.2 Å². The molecule has 0 radical (unpaired) electrons. The van der Waals surface area contributed by atoms with Gasteiger partial charge >= 0.3 is 0 Å². The Kier molecular flexibility index (Phi) is 3.87. The summed E-state index contributed by atoms with van der Waals surface area (Å²) in [5, 5.41) is 0. The standard InChI is InChI=1S/C12H12FNO4S/c1-17-12-7-10(4-5-11(12)13)19(15,16)14-8-9-3-2-6-18-9/h2-7,14H,8H2,1H3. The molecule has 0 aliphatic rings. The van der Waals surface area contributed by atoms with Gasteiger partial charge in [-0.25, -0.2) is 17.5 Å². The second-order valence-electron chi connectivity index (χ2n) is 3.70. The van der Waals surface area contributed by atoms with Gasteiger partial charge in [0.2, 0.25) is 10.0 Å². The van der Waals surface area contributed by atoms with Gasteiger partial charge in [0.05, 0.1) is 24.8 Å². The maximum absolute atomic E-state index is 13.2. The minimum absolute atomic E-state index is 0.0228. The van der Waals surface area contributed by atoms with E-state index in [2.05, 4.69) is 4.72 Å². The molecule has 1 aromatic heterocycles. The Labute approximate surface area is 110 Å². The Morgan fingerprint density at radius 1 is 1.37 bits per heavy atom. The van der Waals surface area contributed by atoms with Gasteiger partial charge in [0.15, 0.2) is 11.6 Å². The van der Waals surface area contributed by atoms with Crippen LogP contribution in [0.4, 0.5) is 4.39 Å².